The van der Waals surface area contributed by atoms with Gasteiger partial charge in [0, 0.05) is 25.4 Å². The average molecular weight is 270 g/mol. The molecule has 98 valence electrons. The van der Waals surface area contributed by atoms with Gasteiger partial charge in [-0.2, -0.15) is 14.6 Å². The Morgan fingerprint density at radius 1 is 1.56 bits per heavy atom. The highest BCUT2D eigenvalue weighted by Gasteiger charge is 2.07. The Hall–Kier alpha value is -1.40. The Morgan fingerprint density at radius 3 is 3.17 bits per heavy atom. The highest BCUT2D eigenvalue weighted by molar-refractivity contribution is 6.20. The summed E-state index contributed by atoms with van der Waals surface area (Å²) in [5.74, 6) is 1.47. The second kappa shape index (κ2) is 5.97. The van der Waals surface area contributed by atoms with Gasteiger partial charge in [0.15, 0.2) is 0 Å². The molecule has 2 heterocycles. The van der Waals surface area contributed by atoms with Crippen LogP contribution in [-0.4, -0.2) is 45.2 Å². The Kier molecular flexibility index (Phi) is 4.33. The number of rotatable bonds is 6. The van der Waals surface area contributed by atoms with Crippen LogP contribution in [0.2, 0.25) is 0 Å². The number of aryl methyl sites for hydroxylation is 1. The molecular formula is C11H16ClN5O. The topological polar surface area (TPSA) is 64.3 Å². The monoisotopic (exact) mass is 269 g/mol. The SMILES string of the molecule is COCC(Cl)CCNc1cc(C)nc2ncnn12. The second-order valence-corrected chi connectivity index (χ2v) is 4.64. The number of nitrogens with one attached hydrogen (secondary N) is 1. The highest BCUT2D eigenvalue weighted by atomic mass is 35.5. The Morgan fingerprint density at radius 2 is 2.39 bits per heavy atom. The van der Waals surface area contributed by atoms with Crippen LogP contribution in [-0.2, 0) is 4.74 Å². The van der Waals surface area contributed by atoms with Gasteiger partial charge >= 0.3 is 0 Å². The van der Waals surface area contributed by atoms with Crippen molar-refractivity contribution in [3.8, 4) is 0 Å². The number of fused-ring (bicyclic) bond motifs is 1. The fourth-order valence-electron chi connectivity index (χ4n) is 1.68. The molecule has 2 rings (SSSR count). The second-order valence-electron chi connectivity index (χ2n) is 4.02. The quantitative estimate of drug-likeness (QED) is 0.805. The van der Waals surface area contributed by atoms with Crippen LogP contribution in [0.3, 0.4) is 0 Å². The van der Waals surface area contributed by atoms with E-state index in [1.165, 1.54) is 6.33 Å². The van der Waals surface area contributed by atoms with Gasteiger partial charge < -0.3 is 10.1 Å². The van der Waals surface area contributed by atoms with E-state index >= 15 is 0 Å². The van der Waals surface area contributed by atoms with Crippen molar-refractivity contribution in [1.82, 2.24) is 19.6 Å². The molecule has 0 amide bonds. The first-order valence-corrected chi connectivity index (χ1v) is 6.18. The van der Waals surface area contributed by atoms with Crippen molar-refractivity contribution in [2.75, 3.05) is 25.6 Å². The molecule has 0 saturated heterocycles. The van der Waals surface area contributed by atoms with E-state index in [-0.39, 0.29) is 5.38 Å². The molecule has 0 aliphatic heterocycles. The van der Waals surface area contributed by atoms with Crippen LogP contribution in [0.25, 0.3) is 5.78 Å². The number of aromatic nitrogens is 4. The summed E-state index contributed by atoms with van der Waals surface area (Å²) in [4.78, 5) is 8.34. The van der Waals surface area contributed by atoms with E-state index in [0.717, 1.165) is 24.5 Å². The lowest BCUT2D eigenvalue weighted by Crippen LogP contribution is -2.15. The summed E-state index contributed by atoms with van der Waals surface area (Å²) in [6, 6.07) is 1.93. The van der Waals surface area contributed by atoms with Crippen LogP contribution in [0, 0.1) is 6.92 Å². The van der Waals surface area contributed by atoms with Gasteiger partial charge in [-0.25, -0.2) is 4.98 Å². The van der Waals surface area contributed by atoms with E-state index < -0.39 is 0 Å². The van der Waals surface area contributed by atoms with Gasteiger partial charge in [0.25, 0.3) is 5.78 Å². The van der Waals surface area contributed by atoms with E-state index in [0.29, 0.717) is 12.4 Å². The van der Waals surface area contributed by atoms with Crippen molar-refractivity contribution in [1.29, 1.82) is 0 Å². The van der Waals surface area contributed by atoms with Crippen LogP contribution in [0.1, 0.15) is 12.1 Å². The Bertz CT molecular complexity index is 515. The van der Waals surface area contributed by atoms with Gasteiger partial charge in [-0.15, -0.1) is 11.6 Å². The summed E-state index contributed by atoms with van der Waals surface area (Å²) in [6.45, 7) is 3.22. The molecule has 0 aliphatic carbocycles. The van der Waals surface area contributed by atoms with E-state index in [9.17, 15) is 0 Å². The van der Waals surface area contributed by atoms with Crippen LogP contribution in [0.15, 0.2) is 12.4 Å². The van der Waals surface area contributed by atoms with Crippen molar-refractivity contribution >= 4 is 23.2 Å². The average Bonchev–Trinajstić information content (AvgIpc) is 2.77. The number of ether oxygens (including phenoxy) is 1. The van der Waals surface area contributed by atoms with Gasteiger partial charge in [0.2, 0.25) is 0 Å². The molecule has 0 radical (unpaired) electrons. The highest BCUT2D eigenvalue weighted by Crippen LogP contribution is 2.11. The van der Waals surface area contributed by atoms with E-state index in [2.05, 4.69) is 20.4 Å². The summed E-state index contributed by atoms with van der Waals surface area (Å²) in [5.41, 5.74) is 0.900. The minimum Gasteiger partial charge on any atom is -0.383 e. The van der Waals surface area contributed by atoms with Crippen LogP contribution >= 0.6 is 11.6 Å². The molecule has 0 aliphatic rings. The van der Waals surface area contributed by atoms with Crippen molar-refractivity contribution in [2.45, 2.75) is 18.7 Å². The van der Waals surface area contributed by atoms with Gasteiger partial charge in [-0.1, -0.05) is 0 Å². The van der Waals surface area contributed by atoms with Crippen LogP contribution in [0.5, 0.6) is 0 Å². The first kappa shape index (κ1) is 13.0. The molecule has 6 nitrogen and oxygen atoms in total. The zero-order valence-corrected chi connectivity index (χ0v) is 11.2. The number of nitrogens with zero attached hydrogens (tertiary/aromatic N) is 4. The molecule has 0 bridgehead atoms. The van der Waals surface area contributed by atoms with E-state index in [4.69, 9.17) is 16.3 Å². The maximum atomic E-state index is 6.06. The van der Waals surface area contributed by atoms with Gasteiger partial charge in [0.1, 0.15) is 12.1 Å². The van der Waals surface area contributed by atoms with Crippen molar-refractivity contribution in [2.24, 2.45) is 0 Å². The fraction of sp³-hybridized carbons (Fsp3) is 0.545. The van der Waals surface area contributed by atoms with Crippen LogP contribution < -0.4 is 5.32 Å². The molecule has 1 unspecified atom stereocenters. The number of alkyl halides is 1. The largest absolute Gasteiger partial charge is 0.383 e. The first-order valence-electron chi connectivity index (χ1n) is 5.75. The smallest absolute Gasteiger partial charge is 0.254 e. The normalized spacial score (nSPS) is 12.8. The Labute approximate surface area is 110 Å². The number of halogens is 1. The Balaban J connectivity index is 2.00. The summed E-state index contributed by atoms with van der Waals surface area (Å²) < 4.78 is 6.66. The number of methoxy groups -OCH3 is 1. The molecule has 1 atom stereocenters. The molecule has 1 N–H and O–H groups in total. The summed E-state index contributed by atoms with van der Waals surface area (Å²) in [7, 11) is 1.65. The lowest BCUT2D eigenvalue weighted by molar-refractivity contribution is 0.196. The lowest BCUT2D eigenvalue weighted by atomic mass is 10.3. The maximum Gasteiger partial charge on any atom is 0.254 e. The van der Waals surface area contributed by atoms with Crippen molar-refractivity contribution in [3.05, 3.63) is 18.1 Å². The molecule has 0 aromatic carbocycles. The predicted octanol–water partition coefficient (Wildman–Crippen LogP) is 1.49. The third kappa shape index (κ3) is 3.08. The minimum atomic E-state index is 0.0108. The molecule has 7 heteroatoms. The minimum absolute atomic E-state index is 0.0108. The molecule has 0 fully saturated rings. The van der Waals surface area contributed by atoms with Gasteiger partial charge in [-0.05, 0) is 13.3 Å². The van der Waals surface area contributed by atoms with Crippen LogP contribution in [0.4, 0.5) is 5.82 Å². The standard InChI is InChI=1S/C11H16ClN5O/c1-8-5-10(13-4-3-9(12)6-18-2)17-11(16-8)14-7-15-17/h5,7,9,13H,3-4,6H2,1-2H3. The first-order chi connectivity index (χ1) is 8.70. The molecule has 2 aromatic heterocycles. The molecular weight excluding hydrogens is 254 g/mol. The van der Waals surface area contributed by atoms with E-state index in [1.807, 2.05) is 13.0 Å². The van der Waals surface area contributed by atoms with Gasteiger partial charge in [-0.3, -0.25) is 0 Å². The molecule has 2 aromatic rings. The lowest BCUT2D eigenvalue weighted by Gasteiger charge is -2.11. The maximum absolute atomic E-state index is 6.06. The fourth-order valence-corrected chi connectivity index (χ4v) is 1.91. The van der Waals surface area contributed by atoms with Crippen molar-refractivity contribution in [3.63, 3.8) is 0 Å². The summed E-state index contributed by atoms with van der Waals surface area (Å²) in [5, 5.41) is 7.41. The number of hydrogen-bond acceptors (Lipinski definition) is 5. The van der Waals surface area contributed by atoms with Gasteiger partial charge in [0.05, 0.1) is 12.0 Å². The molecule has 0 spiro atoms. The predicted molar refractivity (Wildman–Crippen MR) is 70.1 cm³/mol. The summed E-state index contributed by atoms with van der Waals surface area (Å²) in [6.07, 6.45) is 2.30. The third-order valence-electron chi connectivity index (χ3n) is 2.49. The summed E-state index contributed by atoms with van der Waals surface area (Å²) >= 11 is 6.06. The molecule has 18 heavy (non-hydrogen) atoms. The molecule has 0 saturated carbocycles. The third-order valence-corrected chi connectivity index (χ3v) is 2.84. The zero-order chi connectivity index (χ0) is 13.0. The van der Waals surface area contributed by atoms with Crippen molar-refractivity contribution < 1.29 is 4.74 Å². The number of anilines is 1. The number of hydrogen-bond donors (Lipinski definition) is 1. The zero-order valence-electron chi connectivity index (χ0n) is 10.4. The van der Waals surface area contributed by atoms with E-state index in [1.54, 1.807) is 11.6 Å².